The number of carbonyl (C=O) groups is 1. The first kappa shape index (κ1) is 22.5. The maximum atomic E-state index is 13.7. The highest BCUT2D eigenvalue weighted by atomic mass is 19.1. The number of hydrogen-bond donors (Lipinski definition) is 1. The van der Waals surface area contributed by atoms with Crippen molar-refractivity contribution in [1.82, 2.24) is 14.9 Å². The standard InChI is InChI=1S/C25H28FN5O2/c1-17-21(16-19-7-6-8-20(26)15-19)24(28-18(2)27-17)30-11-13-31(14-12-30)25(32)29-22-9-4-5-10-23(22)33-3/h4-10,15H,11-14,16H2,1-3H3,(H,29,32). The van der Waals surface area contributed by atoms with Crippen LogP contribution in [0.5, 0.6) is 5.75 Å². The highest BCUT2D eigenvalue weighted by molar-refractivity contribution is 5.91. The number of benzene rings is 2. The Morgan fingerprint density at radius 2 is 1.82 bits per heavy atom. The molecule has 0 aliphatic carbocycles. The molecule has 1 N–H and O–H groups in total. The second-order valence-electron chi connectivity index (χ2n) is 8.07. The smallest absolute Gasteiger partial charge is 0.322 e. The molecule has 7 nitrogen and oxygen atoms in total. The number of halogens is 1. The third-order valence-corrected chi connectivity index (χ3v) is 5.79. The molecule has 0 bridgehead atoms. The van der Waals surface area contributed by atoms with Gasteiger partial charge >= 0.3 is 6.03 Å². The summed E-state index contributed by atoms with van der Waals surface area (Å²) in [4.78, 5) is 26.0. The molecule has 1 saturated heterocycles. The molecule has 0 saturated carbocycles. The minimum absolute atomic E-state index is 0.158. The highest BCUT2D eigenvalue weighted by Gasteiger charge is 2.25. The summed E-state index contributed by atoms with van der Waals surface area (Å²) in [7, 11) is 1.58. The number of nitrogens with one attached hydrogen (secondary N) is 1. The van der Waals surface area contributed by atoms with Crippen LogP contribution in [0.3, 0.4) is 0 Å². The van der Waals surface area contributed by atoms with Crippen molar-refractivity contribution in [3.8, 4) is 5.75 Å². The van der Waals surface area contributed by atoms with E-state index < -0.39 is 0 Å². The number of anilines is 2. The molecule has 4 rings (SSSR count). The van der Waals surface area contributed by atoms with Crippen LogP contribution in [-0.4, -0.2) is 54.2 Å². The third kappa shape index (κ3) is 5.22. The number of rotatable bonds is 5. The predicted molar refractivity (Wildman–Crippen MR) is 127 cm³/mol. The number of para-hydroxylation sites is 2. The molecule has 1 aliphatic heterocycles. The van der Waals surface area contributed by atoms with Gasteiger partial charge in [0.2, 0.25) is 0 Å². The molecule has 1 aliphatic rings. The van der Waals surface area contributed by atoms with Crippen molar-refractivity contribution >= 4 is 17.5 Å². The summed E-state index contributed by atoms with van der Waals surface area (Å²) in [5, 5.41) is 2.94. The summed E-state index contributed by atoms with van der Waals surface area (Å²) >= 11 is 0. The maximum Gasteiger partial charge on any atom is 0.322 e. The average molecular weight is 450 g/mol. The lowest BCUT2D eigenvalue weighted by Gasteiger charge is -2.36. The highest BCUT2D eigenvalue weighted by Crippen LogP contribution is 2.26. The normalized spacial score (nSPS) is 13.7. The molecule has 1 fully saturated rings. The van der Waals surface area contributed by atoms with E-state index in [-0.39, 0.29) is 11.8 Å². The van der Waals surface area contributed by atoms with E-state index in [0.29, 0.717) is 49.9 Å². The van der Waals surface area contributed by atoms with Crippen molar-refractivity contribution in [3.63, 3.8) is 0 Å². The number of hydrogen-bond acceptors (Lipinski definition) is 5. The predicted octanol–water partition coefficient (Wildman–Crippen LogP) is 4.19. The number of ether oxygens (including phenoxy) is 1. The number of amides is 2. The Balaban J connectivity index is 1.47. The summed E-state index contributed by atoms with van der Waals surface area (Å²) in [5.74, 6) is 1.92. The number of urea groups is 1. The van der Waals surface area contributed by atoms with E-state index in [9.17, 15) is 9.18 Å². The molecule has 33 heavy (non-hydrogen) atoms. The van der Waals surface area contributed by atoms with Gasteiger partial charge in [-0.25, -0.2) is 19.2 Å². The Morgan fingerprint density at radius 1 is 1.06 bits per heavy atom. The number of nitrogens with zero attached hydrogens (tertiary/aromatic N) is 4. The Labute approximate surface area is 193 Å². The molecule has 2 heterocycles. The Hall–Kier alpha value is -3.68. The lowest BCUT2D eigenvalue weighted by Crippen LogP contribution is -2.50. The summed E-state index contributed by atoms with van der Waals surface area (Å²) < 4.78 is 19.0. The minimum Gasteiger partial charge on any atom is -0.495 e. The van der Waals surface area contributed by atoms with Gasteiger partial charge in [-0.1, -0.05) is 24.3 Å². The molecule has 0 atom stereocenters. The second-order valence-corrected chi connectivity index (χ2v) is 8.07. The van der Waals surface area contributed by atoms with Gasteiger partial charge in [0.15, 0.2) is 0 Å². The summed E-state index contributed by atoms with van der Waals surface area (Å²) in [5.41, 5.74) is 3.39. The summed E-state index contributed by atoms with van der Waals surface area (Å²) in [6.45, 7) is 6.24. The average Bonchev–Trinajstić information content (AvgIpc) is 2.81. The van der Waals surface area contributed by atoms with Crippen molar-refractivity contribution < 1.29 is 13.9 Å². The van der Waals surface area contributed by atoms with Gasteiger partial charge in [0, 0.05) is 43.9 Å². The number of carbonyl (C=O) groups excluding carboxylic acids is 1. The maximum absolute atomic E-state index is 13.7. The van der Waals surface area contributed by atoms with Gasteiger partial charge in [-0.05, 0) is 43.7 Å². The van der Waals surface area contributed by atoms with E-state index in [1.807, 2.05) is 44.2 Å². The lowest BCUT2D eigenvalue weighted by atomic mass is 10.0. The number of aryl methyl sites for hydroxylation is 2. The quantitative estimate of drug-likeness (QED) is 0.633. The van der Waals surface area contributed by atoms with Crippen molar-refractivity contribution in [1.29, 1.82) is 0 Å². The molecule has 172 valence electrons. The monoisotopic (exact) mass is 449 g/mol. The molecule has 2 aromatic carbocycles. The largest absolute Gasteiger partial charge is 0.495 e. The summed E-state index contributed by atoms with van der Waals surface area (Å²) in [6.07, 6.45) is 0.549. The van der Waals surface area contributed by atoms with Crippen LogP contribution in [0, 0.1) is 19.7 Å². The van der Waals surface area contributed by atoms with Crippen molar-refractivity contribution in [3.05, 3.63) is 77.0 Å². The van der Waals surface area contributed by atoms with Gasteiger partial charge in [-0.3, -0.25) is 0 Å². The zero-order chi connectivity index (χ0) is 23.4. The SMILES string of the molecule is COc1ccccc1NC(=O)N1CCN(c2nc(C)nc(C)c2Cc2cccc(F)c2)CC1. The van der Waals surface area contributed by atoms with Crippen LogP contribution in [0.4, 0.5) is 20.7 Å². The fraction of sp³-hybridized carbons (Fsp3) is 0.320. The van der Waals surface area contributed by atoms with Gasteiger partial charge < -0.3 is 19.9 Å². The van der Waals surface area contributed by atoms with Gasteiger partial charge in [0.05, 0.1) is 12.8 Å². The third-order valence-electron chi connectivity index (χ3n) is 5.79. The van der Waals surface area contributed by atoms with Crippen LogP contribution in [0.25, 0.3) is 0 Å². The number of methoxy groups -OCH3 is 1. The Kier molecular flexibility index (Phi) is 6.72. The van der Waals surface area contributed by atoms with Gasteiger partial charge in [-0.2, -0.15) is 0 Å². The molecule has 3 aromatic rings. The van der Waals surface area contributed by atoms with Crippen LogP contribution in [-0.2, 0) is 6.42 Å². The zero-order valence-electron chi connectivity index (χ0n) is 19.1. The van der Waals surface area contributed by atoms with E-state index in [4.69, 9.17) is 9.72 Å². The molecular weight excluding hydrogens is 421 g/mol. The minimum atomic E-state index is -0.255. The Morgan fingerprint density at radius 3 is 2.55 bits per heavy atom. The number of aromatic nitrogens is 2. The van der Waals surface area contributed by atoms with Gasteiger partial charge in [0.1, 0.15) is 23.2 Å². The first-order chi connectivity index (χ1) is 15.9. The van der Waals surface area contributed by atoms with Crippen LogP contribution >= 0.6 is 0 Å². The summed E-state index contributed by atoms with van der Waals surface area (Å²) in [6, 6.07) is 13.8. The van der Waals surface area contributed by atoms with E-state index in [0.717, 1.165) is 22.6 Å². The van der Waals surface area contributed by atoms with Crippen molar-refractivity contribution in [2.75, 3.05) is 43.5 Å². The van der Waals surface area contributed by atoms with E-state index in [1.54, 1.807) is 24.1 Å². The number of piperazine rings is 1. The zero-order valence-corrected chi connectivity index (χ0v) is 19.1. The molecule has 0 unspecified atom stereocenters. The fourth-order valence-corrected chi connectivity index (χ4v) is 4.10. The van der Waals surface area contributed by atoms with Gasteiger partial charge in [0.25, 0.3) is 0 Å². The molecule has 0 radical (unpaired) electrons. The first-order valence-electron chi connectivity index (χ1n) is 11.0. The molecule has 0 spiro atoms. The van der Waals surface area contributed by atoms with Gasteiger partial charge in [-0.15, -0.1) is 0 Å². The Bertz CT molecular complexity index is 1150. The van der Waals surface area contributed by atoms with Crippen molar-refractivity contribution in [2.45, 2.75) is 20.3 Å². The molecule has 1 aromatic heterocycles. The topological polar surface area (TPSA) is 70.6 Å². The van der Waals surface area contributed by atoms with Crippen LogP contribution in [0.1, 0.15) is 22.6 Å². The van der Waals surface area contributed by atoms with E-state index >= 15 is 0 Å². The van der Waals surface area contributed by atoms with Crippen LogP contribution in [0.15, 0.2) is 48.5 Å². The lowest BCUT2D eigenvalue weighted by molar-refractivity contribution is 0.208. The molecule has 2 amide bonds. The second kappa shape index (κ2) is 9.85. The fourth-order valence-electron chi connectivity index (χ4n) is 4.10. The van der Waals surface area contributed by atoms with Crippen LogP contribution < -0.4 is 15.0 Å². The molecule has 8 heteroatoms. The first-order valence-corrected chi connectivity index (χ1v) is 11.0. The van der Waals surface area contributed by atoms with Crippen LogP contribution in [0.2, 0.25) is 0 Å². The van der Waals surface area contributed by atoms with Crippen molar-refractivity contribution in [2.24, 2.45) is 0 Å². The molecular formula is C25H28FN5O2. The van der Waals surface area contributed by atoms with E-state index in [1.165, 1.54) is 6.07 Å². The van der Waals surface area contributed by atoms with E-state index in [2.05, 4.69) is 15.2 Å².